The van der Waals surface area contributed by atoms with Crippen molar-refractivity contribution >= 4 is 27.6 Å². The van der Waals surface area contributed by atoms with Gasteiger partial charge in [-0.3, -0.25) is 4.79 Å². The summed E-state index contributed by atoms with van der Waals surface area (Å²) in [4.78, 5) is 11.0. The van der Waals surface area contributed by atoms with Gasteiger partial charge in [-0.25, -0.2) is 8.42 Å². The molecule has 1 aliphatic rings. The first kappa shape index (κ1) is 16.8. The van der Waals surface area contributed by atoms with Gasteiger partial charge in [0.2, 0.25) is 10.0 Å². The van der Waals surface area contributed by atoms with Crippen LogP contribution in [0.5, 0.6) is 11.5 Å². The van der Waals surface area contributed by atoms with Crippen molar-refractivity contribution in [3.8, 4) is 11.5 Å². The molecular weight excluding hydrogens is 354 g/mol. The first-order chi connectivity index (χ1) is 11.4. The normalized spacial score (nSPS) is 19.6. The van der Waals surface area contributed by atoms with E-state index in [-0.39, 0.29) is 11.4 Å². The number of nitrogens with zero attached hydrogens (tertiary/aromatic N) is 1. The fourth-order valence-corrected chi connectivity index (χ4v) is 3.65. The molecule has 2 aromatic rings. The zero-order chi connectivity index (χ0) is 17.3. The highest BCUT2D eigenvalue weighted by Gasteiger charge is 2.47. The molecule has 0 aromatic heterocycles. The number of hydrogen-bond acceptors (Lipinski definition) is 5. The Balaban J connectivity index is 1.70. The van der Waals surface area contributed by atoms with E-state index in [2.05, 4.69) is 0 Å². The van der Waals surface area contributed by atoms with Gasteiger partial charge in [-0.05, 0) is 48.5 Å². The fraction of sp³-hybridized carbons (Fsp3) is 0.188. The topological polar surface area (TPSA) is 72.7 Å². The highest BCUT2D eigenvalue weighted by Crippen LogP contribution is 2.31. The molecule has 24 heavy (non-hydrogen) atoms. The summed E-state index contributed by atoms with van der Waals surface area (Å²) in [6, 6.07) is 12.8. The number of hydrogen-bond donors (Lipinski definition) is 0. The van der Waals surface area contributed by atoms with Crippen LogP contribution < -0.4 is 4.74 Å². The van der Waals surface area contributed by atoms with E-state index in [0.717, 1.165) is 4.31 Å². The largest absolute Gasteiger partial charge is 0.457 e. The molecule has 0 aliphatic carbocycles. The fourth-order valence-electron chi connectivity index (χ4n) is 2.10. The van der Waals surface area contributed by atoms with Crippen LogP contribution in [0.1, 0.15) is 6.92 Å². The van der Waals surface area contributed by atoms with E-state index in [1.54, 1.807) is 36.4 Å². The van der Waals surface area contributed by atoms with E-state index in [1.807, 2.05) is 0 Å². The van der Waals surface area contributed by atoms with Gasteiger partial charge in [0, 0.05) is 11.9 Å². The molecule has 1 aliphatic heterocycles. The summed E-state index contributed by atoms with van der Waals surface area (Å²) in [5.41, 5.74) is 0. The Morgan fingerprint density at radius 3 is 2.17 bits per heavy atom. The number of sulfonamides is 1. The molecule has 0 spiro atoms. The summed E-state index contributed by atoms with van der Waals surface area (Å²) in [6.45, 7) is 1.41. The molecule has 6 nitrogen and oxygen atoms in total. The van der Waals surface area contributed by atoms with Gasteiger partial charge in [-0.2, -0.15) is 4.31 Å². The summed E-state index contributed by atoms with van der Waals surface area (Å²) in [5, 5.41) is 0.601. The first-order valence-electron chi connectivity index (χ1n) is 7.09. The summed E-state index contributed by atoms with van der Waals surface area (Å²) >= 11 is 5.81. The average molecular weight is 368 g/mol. The molecule has 0 bridgehead atoms. The van der Waals surface area contributed by atoms with Crippen molar-refractivity contribution in [2.24, 2.45) is 0 Å². The van der Waals surface area contributed by atoms with Gasteiger partial charge in [-0.1, -0.05) is 11.6 Å². The Morgan fingerprint density at radius 2 is 1.62 bits per heavy atom. The molecule has 2 aromatic carbocycles. The number of carbonyl (C=O) groups is 1. The second kappa shape index (κ2) is 6.43. The van der Waals surface area contributed by atoms with Crippen molar-refractivity contribution in [3.05, 3.63) is 53.6 Å². The SMILES string of the molecule is CC(=O)OC1CN1S(=O)(=O)c1ccc(Oc2ccc(Cl)cc2)cc1. The minimum Gasteiger partial charge on any atom is -0.457 e. The van der Waals surface area contributed by atoms with Gasteiger partial charge in [0.05, 0.1) is 11.4 Å². The average Bonchev–Trinajstić information content (AvgIpc) is 3.29. The third kappa shape index (κ3) is 3.69. The van der Waals surface area contributed by atoms with Crippen LogP contribution in [0.2, 0.25) is 5.02 Å². The molecule has 1 heterocycles. The van der Waals surface area contributed by atoms with Crippen molar-refractivity contribution in [1.82, 2.24) is 4.31 Å². The van der Waals surface area contributed by atoms with Crippen LogP contribution in [0.3, 0.4) is 0 Å². The summed E-state index contributed by atoms with van der Waals surface area (Å²) < 4.78 is 36.3. The number of benzene rings is 2. The van der Waals surface area contributed by atoms with E-state index in [9.17, 15) is 13.2 Å². The third-order valence-electron chi connectivity index (χ3n) is 3.31. The predicted octanol–water partition coefficient (Wildman–Crippen LogP) is 3.03. The number of esters is 1. The van der Waals surface area contributed by atoms with Crippen molar-refractivity contribution < 1.29 is 22.7 Å². The number of rotatable bonds is 5. The van der Waals surface area contributed by atoms with Crippen LogP contribution in [0.4, 0.5) is 0 Å². The van der Waals surface area contributed by atoms with E-state index in [1.165, 1.54) is 19.1 Å². The summed E-state index contributed by atoms with van der Waals surface area (Å²) in [6.07, 6.45) is -0.711. The second-order valence-corrected chi connectivity index (χ2v) is 7.49. The lowest BCUT2D eigenvalue weighted by atomic mass is 10.3. The number of ether oxygens (including phenoxy) is 2. The summed E-state index contributed by atoms with van der Waals surface area (Å²) in [5.74, 6) is 0.582. The molecular formula is C16H14ClNO5S. The van der Waals surface area contributed by atoms with E-state index < -0.39 is 22.2 Å². The third-order valence-corrected chi connectivity index (χ3v) is 5.43. The Labute approximate surface area is 144 Å². The summed E-state index contributed by atoms with van der Waals surface area (Å²) in [7, 11) is -3.67. The van der Waals surface area contributed by atoms with Crippen molar-refractivity contribution in [2.45, 2.75) is 18.0 Å². The van der Waals surface area contributed by atoms with Crippen molar-refractivity contribution in [2.75, 3.05) is 6.54 Å². The molecule has 3 rings (SSSR count). The van der Waals surface area contributed by atoms with Crippen LogP contribution in [0.15, 0.2) is 53.4 Å². The van der Waals surface area contributed by atoms with Crippen LogP contribution in [-0.4, -0.2) is 31.5 Å². The van der Waals surface area contributed by atoms with Gasteiger partial charge in [-0.15, -0.1) is 0 Å². The van der Waals surface area contributed by atoms with Crippen LogP contribution >= 0.6 is 11.6 Å². The first-order valence-corrected chi connectivity index (χ1v) is 8.90. The lowest BCUT2D eigenvalue weighted by Crippen LogP contribution is -2.17. The van der Waals surface area contributed by atoms with E-state index in [4.69, 9.17) is 21.1 Å². The second-order valence-electron chi connectivity index (χ2n) is 5.17. The maximum absolute atomic E-state index is 12.4. The van der Waals surface area contributed by atoms with Crippen LogP contribution in [-0.2, 0) is 19.6 Å². The maximum Gasteiger partial charge on any atom is 0.304 e. The smallest absolute Gasteiger partial charge is 0.304 e. The molecule has 2 unspecified atom stereocenters. The molecule has 1 saturated heterocycles. The minimum atomic E-state index is -3.67. The van der Waals surface area contributed by atoms with E-state index in [0.29, 0.717) is 16.5 Å². The van der Waals surface area contributed by atoms with Crippen molar-refractivity contribution in [3.63, 3.8) is 0 Å². The van der Waals surface area contributed by atoms with E-state index >= 15 is 0 Å². The van der Waals surface area contributed by atoms with Gasteiger partial charge < -0.3 is 9.47 Å². The number of halogens is 1. The zero-order valence-electron chi connectivity index (χ0n) is 12.7. The highest BCUT2D eigenvalue weighted by atomic mass is 35.5. The molecule has 0 saturated carbocycles. The van der Waals surface area contributed by atoms with Gasteiger partial charge >= 0.3 is 5.97 Å². The Hall–Kier alpha value is -2.09. The standard InChI is InChI=1S/C16H14ClNO5S/c1-11(19)22-16-10-18(16)24(20,21)15-8-6-14(7-9-15)23-13-4-2-12(17)3-5-13/h2-9,16H,10H2,1H3. The van der Waals surface area contributed by atoms with Crippen LogP contribution in [0.25, 0.3) is 0 Å². The van der Waals surface area contributed by atoms with Crippen LogP contribution in [0, 0.1) is 0 Å². The monoisotopic (exact) mass is 367 g/mol. The Morgan fingerprint density at radius 1 is 1.08 bits per heavy atom. The lowest BCUT2D eigenvalue weighted by molar-refractivity contribution is -0.143. The lowest BCUT2D eigenvalue weighted by Gasteiger charge is -2.08. The molecule has 126 valence electrons. The Kier molecular flexibility index (Phi) is 4.49. The highest BCUT2D eigenvalue weighted by molar-refractivity contribution is 7.89. The minimum absolute atomic E-state index is 0.112. The zero-order valence-corrected chi connectivity index (χ0v) is 14.3. The van der Waals surface area contributed by atoms with Gasteiger partial charge in [0.25, 0.3) is 0 Å². The molecule has 0 radical (unpaired) electrons. The molecule has 2 atom stereocenters. The number of carbonyl (C=O) groups excluding carboxylic acids is 1. The van der Waals surface area contributed by atoms with Gasteiger partial charge in [0.15, 0.2) is 6.23 Å². The maximum atomic E-state index is 12.4. The molecule has 8 heteroatoms. The Bertz CT molecular complexity index is 849. The molecule has 1 fully saturated rings. The predicted molar refractivity (Wildman–Crippen MR) is 87.4 cm³/mol. The van der Waals surface area contributed by atoms with Gasteiger partial charge in [0.1, 0.15) is 11.5 Å². The van der Waals surface area contributed by atoms with Crippen molar-refractivity contribution in [1.29, 1.82) is 0 Å². The molecule has 0 N–H and O–H groups in total. The quantitative estimate of drug-likeness (QED) is 0.600. The molecule has 0 amide bonds.